The van der Waals surface area contributed by atoms with E-state index < -0.39 is 0 Å². The zero-order valence-corrected chi connectivity index (χ0v) is 12.5. The number of nitrogens with one attached hydrogen (secondary N) is 1. The van der Waals surface area contributed by atoms with Gasteiger partial charge in [-0.15, -0.1) is 0 Å². The van der Waals surface area contributed by atoms with E-state index in [1.54, 1.807) is 0 Å². The highest BCUT2D eigenvalue weighted by molar-refractivity contribution is 5.77. The summed E-state index contributed by atoms with van der Waals surface area (Å²) in [6.07, 6.45) is 0.338. The predicted octanol–water partition coefficient (Wildman–Crippen LogP) is 3.51. The molecule has 0 aliphatic rings. The quantitative estimate of drug-likeness (QED) is 0.881. The normalized spacial score (nSPS) is 11.0. The molecule has 1 amide bonds. The average molecular weight is 283 g/mol. The van der Waals surface area contributed by atoms with Crippen molar-refractivity contribution in [3.8, 4) is 5.75 Å². The van der Waals surface area contributed by atoms with Crippen molar-refractivity contribution < 1.29 is 9.53 Å². The van der Waals surface area contributed by atoms with E-state index >= 15 is 0 Å². The zero-order chi connectivity index (χ0) is 15.1. The molecule has 0 saturated heterocycles. The van der Waals surface area contributed by atoms with Gasteiger partial charge in [-0.3, -0.25) is 4.79 Å². The van der Waals surface area contributed by atoms with Crippen LogP contribution >= 0.6 is 0 Å². The number of hydrogen-bond donors (Lipinski definition) is 1. The summed E-state index contributed by atoms with van der Waals surface area (Å²) in [5.74, 6) is 0.771. The molecule has 0 saturated carbocycles. The molecule has 3 heteroatoms. The largest absolute Gasteiger partial charge is 0.493 e. The lowest BCUT2D eigenvalue weighted by molar-refractivity contribution is -0.123. The van der Waals surface area contributed by atoms with Crippen molar-refractivity contribution in [3.05, 3.63) is 66.2 Å². The Morgan fingerprint density at radius 2 is 1.57 bits per heavy atom. The third-order valence-corrected chi connectivity index (χ3v) is 3.29. The Morgan fingerprint density at radius 3 is 2.19 bits per heavy atom. The van der Waals surface area contributed by atoms with Gasteiger partial charge in [-0.2, -0.15) is 0 Å². The van der Waals surface area contributed by atoms with Crippen LogP contribution in [0.15, 0.2) is 60.7 Å². The van der Waals surface area contributed by atoms with Crippen molar-refractivity contribution in [2.75, 3.05) is 6.61 Å². The molecule has 0 unspecified atom stereocenters. The van der Waals surface area contributed by atoms with Crippen LogP contribution in [0.4, 0.5) is 0 Å². The minimum Gasteiger partial charge on any atom is -0.493 e. The van der Waals surface area contributed by atoms with Crippen LogP contribution in [0.2, 0.25) is 0 Å². The first kappa shape index (κ1) is 15.1. The van der Waals surface area contributed by atoms with Gasteiger partial charge in [0.1, 0.15) is 5.75 Å². The molecule has 2 rings (SSSR count). The second-order valence-electron chi connectivity index (χ2n) is 5.45. The Hall–Kier alpha value is -2.29. The highest BCUT2D eigenvalue weighted by Gasteiger charge is 2.22. The first-order valence-corrected chi connectivity index (χ1v) is 7.12. The molecular formula is C18H21NO2. The van der Waals surface area contributed by atoms with E-state index in [4.69, 9.17) is 4.74 Å². The van der Waals surface area contributed by atoms with Crippen molar-refractivity contribution in [3.63, 3.8) is 0 Å². The number of rotatable bonds is 6. The Labute approximate surface area is 126 Å². The Kier molecular flexibility index (Phi) is 4.99. The third kappa shape index (κ3) is 4.63. The van der Waals surface area contributed by atoms with E-state index in [1.807, 2.05) is 74.5 Å². The molecule has 0 aromatic heterocycles. The molecule has 0 spiro atoms. The van der Waals surface area contributed by atoms with Crippen molar-refractivity contribution in [2.45, 2.75) is 25.8 Å². The Bertz CT molecular complexity index is 564. The van der Waals surface area contributed by atoms with Gasteiger partial charge in [0.2, 0.25) is 5.91 Å². The molecule has 0 bridgehead atoms. The maximum absolute atomic E-state index is 12.0. The van der Waals surface area contributed by atoms with Crippen LogP contribution in [0, 0.1) is 0 Å². The fourth-order valence-corrected chi connectivity index (χ4v) is 2.12. The summed E-state index contributed by atoms with van der Waals surface area (Å²) in [6.45, 7) is 4.37. The van der Waals surface area contributed by atoms with Gasteiger partial charge >= 0.3 is 0 Å². The topological polar surface area (TPSA) is 38.3 Å². The molecule has 0 aliphatic carbocycles. The number of para-hydroxylation sites is 1. The highest BCUT2D eigenvalue weighted by atomic mass is 16.5. The minimum absolute atomic E-state index is 0.0141. The molecule has 0 aliphatic heterocycles. The first-order valence-electron chi connectivity index (χ1n) is 7.12. The van der Waals surface area contributed by atoms with Crippen molar-refractivity contribution in [1.29, 1.82) is 0 Å². The molecule has 21 heavy (non-hydrogen) atoms. The number of hydrogen-bond acceptors (Lipinski definition) is 2. The first-order chi connectivity index (χ1) is 10.1. The SMILES string of the molecule is CC(C)(NC(=O)CCOc1ccccc1)c1ccccc1. The van der Waals surface area contributed by atoms with E-state index in [9.17, 15) is 4.79 Å². The molecule has 0 fully saturated rings. The fraction of sp³-hybridized carbons (Fsp3) is 0.278. The van der Waals surface area contributed by atoms with Crippen LogP contribution in [0.5, 0.6) is 5.75 Å². The van der Waals surface area contributed by atoms with E-state index in [1.165, 1.54) is 0 Å². The van der Waals surface area contributed by atoms with E-state index in [2.05, 4.69) is 5.32 Å². The molecule has 110 valence electrons. The number of carbonyl (C=O) groups is 1. The second kappa shape index (κ2) is 6.93. The molecule has 3 nitrogen and oxygen atoms in total. The van der Waals surface area contributed by atoms with Gasteiger partial charge in [-0.25, -0.2) is 0 Å². The lowest BCUT2D eigenvalue weighted by Gasteiger charge is -2.27. The molecule has 1 N–H and O–H groups in total. The average Bonchev–Trinajstić information content (AvgIpc) is 2.49. The van der Waals surface area contributed by atoms with Crippen molar-refractivity contribution in [2.24, 2.45) is 0 Å². The molecule has 2 aromatic rings. The second-order valence-corrected chi connectivity index (χ2v) is 5.45. The molecule has 2 aromatic carbocycles. The summed E-state index contributed by atoms with van der Waals surface area (Å²) in [4.78, 5) is 12.0. The molecule has 0 radical (unpaired) electrons. The van der Waals surface area contributed by atoms with Crippen molar-refractivity contribution >= 4 is 5.91 Å². The maximum atomic E-state index is 12.0. The number of amides is 1. The lowest BCUT2D eigenvalue weighted by Crippen LogP contribution is -2.41. The number of carbonyl (C=O) groups excluding carboxylic acids is 1. The summed E-state index contributed by atoms with van der Waals surface area (Å²) in [5, 5.41) is 3.04. The van der Waals surface area contributed by atoms with Gasteiger partial charge in [0.05, 0.1) is 18.6 Å². The van der Waals surface area contributed by atoms with Crippen LogP contribution in [0.25, 0.3) is 0 Å². The van der Waals surface area contributed by atoms with Gasteiger partial charge in [-0.05, 0) is 31.5 Å². The monoisotopic (exact) mass is 283 g/mol. The highest BCUT2D eigenvalue weighted by Crippen LogP contribution is 2.19. The fourth-order valence-electron chi connectivity index (χ4n) is 2.12. The molecular weight excluding hydrogens is 262 g/mol. The zero-order valence-electron chi connectivity index (χ0n) is 12.5. The van der Waals surface area contributed by atoms with Gasteiger partial charge in [-0.1, -0.05) is 48.5 Å². The molecule has 0 heterocycles. The Balaban J connectivity index is 1.82. The summed E-state index contributed by atoms with van der Waals surface area (Å²) in [5.41, 5.74) is 0.702. The summed E-state index contributed by atoms with van der Waals surface area (Å²) in [6, 6.07) is 19.5. The van der Waals surface area contributed by atoms with Crippen LogP contribution < -0.4 is 10.1 Å². The van der Waals surface area contributed by atoms with Crippen LogP contribution in [-0.4, -0.2) is 12.5 Å². The predicted molar refractivity (Wildman–Crippen MR) is 84.2 cm³/mol. The van der Waals surface area contributed by atoms with E-state index in [0.717, 1.165) is 11.3 Å². The minimum atomic E-state index is -0.384. The Morgan fingerprint density at radius 1 is 1.00 bits per heavy atom. The van der Waals surface area contributed by atoms with Gasteiger partial charge < -0.3 is 10.1 Å². The molecule has 0 atom stereocenters. The summed E-state index contributed by atoms with van der Waals surface area (Å²) >= 11 is 0. The van der Waals surface area contributed by atoms with Crippen LogP contribution in [0.3, 0.4) is 0 Å². The van der Waals surface area contributed by atoms with Crippen LogP contribution in [-0.2, 0) is 10.3 Å². The van der Waals surface area contributed by atoms with Crippen molar-refractivity contribution in [1.82, 2.24) is 5.32 Å². The number of benzene rings is 2. The van der Waals surface area contributed by atoms with Crippen LogP contribution in [0.1, 0.15) is 25.8 Å². The van der Waals surface area contributed by atoms with E-state index in [0.29, 0.717) is 13.0 Å². The van der Waals surface area contributed by atoms with E-state index in [-0.39, 0.29) is 11.4 Å². The van der Waals surface area contributed by atoms with Gasteiger partial charge in [0.25, 0.3) is 0 Å². The van der Waals surface area contributed by atoms with Gasteiger partial charge in [0, 0.05) is 0 Å². The summed E-state index contributed by atoms with van der Waals surface area (Å²) in [7, 11) is 0. The maximum Gasteiger partial charge on any atom is 0.224 e. The third-order valence-electron chi connectivity index (χ3n) is 3.29. The standard InChI is InChI=1S/C18H21NO2/c1-18(2,15-9-5-3-6-10-15)19-17(20)13-14-21-16-11-7-4-8-12-16/h3-12H,13-14H2,1-2H3,(H,19,20). The van der Waals surface area contributed by atoms with Gasteiger partial charge in [0.15, 0.2) is 0 Å². The smallest absolute Gasteiger partial charge is 0.224 e. The lowest BCUT2D eigenvalue weighted by atomic mass is 9.94. The number of ether oxygens (including phenoxy) is 1. The summed E-state index contributed by atoms with van der Waals surface area (Å²) < 4.78 is 5.54.